The minimum absolute atomic E-state index is 0.0777. The molecule has 0 N–H and O–H groups in total. The zero-order chi connectivity index (χ0) is 26.6. The summed E-state index contributed by atoms with van der Waals surface area (Å²) in [5, 5.41) is 0. The van der Waals surface area contributed by atoms with Gasteiger partial charge in [0.1, 0.15) is 11.5 Å². The smallest absolute Gasteiger partial charge is 0.133 e. The molecule has 0 bridgehead atoms. The minimum Gasteiger partial charge on any atom is -0.490 e. The van der Waals surface area contributed by atoms with Crippen LogP contribution in [0.1, 0.15) is 91.9 Å². The second-order valence-corrected chi connectivity index (χ2v) is 11.1. The predicted molar refractivity (Wildman–Crippen MR) is 155 cm³/mol. The maximum absolute atomic E-state index is 11.9. The molecule has 1 aromatic heterocycles. The van der Waals surface area contributed by atoms with E-state index in [1.807, 2.05) is 0 Å². The lowest BCUT2D eigenvalue weighted by Crippen LogP contribution is -2.29. The summed E-state index contributed by atoms with van der Waals surface area (Å²) in [7, 11) is 2.24. The lowest BCUT2D eigenvalue weighted by Gasteiger charge is -2.34. The Balaban J connectivity index is 1.53. The molecule has 3 aromatic rings. The van der Waals surface area contributed by atoms with Crippen LogP contribution in [0.15, 0.2) is 48.5 Å². The molecule has 2 aromatic carbocycles. The number of aromatic nitrogens is 1. The number of pyridine rings is 1. The molecule has 1 atom stereocenters. The molecular formula is C34H42N2O2. The molecule has 0 saturated heterocycles. The number of nitrogens with zero attached hydrogens (tertiary/aromatic N) is 2. The van der Waals surface area contributed by atoms with Crippen LogP contribution in [0, 0.1) is 6.92 Å². The van der Waals surface area contributed by atoms with Crippen LogP contribution in [-0.4, -0.2) is 28.8 Å². The fourth-order valence-corrected chi connectivity index (χ4v) is 6.42. The van der Waals surface area contributed by atoms with E-state index in [1.165, 1.54) is 52.6 Å². The van der Waals surface area contributed by atoms with Gasteiger partial charge in [0.05, 0.1) is 11.8 Å². The Morgan fingerprint density at radius 3 is 2.37 bits per heavy atom. The number of ketones is 1. The van der Waals surface area contributed by atoms with Crippen LogP contribution in [0.5, 0.6) is 5.75 Å². The maximum Gasteiger partial charge on any atom is 0.133 e. The van der Waals surface area contributed by atoms with Gasteiger partial charge < -0.3 is 4.74 Å². The number of aryl methyl sites for hydroxylation is 4. The van der Waals surface area contributed by atoms with Crippen LogP contribution >= 0.6 is 0 Å². The molecule has 1 fully saturated rings. The first kappa shape index (κ1) is 26.6. The third-order valence-corrected chi connectivity index (χ3v) is 8.61. The first-order valence-electron chi connectivity index (χ1n) is 14.6. The number of carbonyl (C=O) groups is 1. The van der Waals surface area contributed by atoms with Gasteiger partial charge in [-0.25, -0.2) is 0 Å². The Hall–Kier alpha value is -2.98. The summed E-state index contributed by atoms with van der Waals surface area (Å²) >= 11 is 0. The molecule has 2 aliphatic carbocycles. The molecule has 38 heavy (non-hydrogen) atoms. The standard InChI is InChI=1S/C34H42N2O2/c1-5-24-12-9-13-25(6-2)34(24)31-21-33(38-28-19-17-27(37)18-20-28)30(23(3)35-31)22-36(4)32-16-10-14-26-11-7-8-15-29(26)32/h7-9,11-13,15,21,28,32H,5-6,10,14,16-20,22H2,1-4H3/t32-/m0/s1. The van der Waals surface area contributed by atoms with E-state index in [2.05, 4.69) is 81.2 Å². The number of benzene rings is 2. The summed E-state index contributed by atoms with van der Waals surface area (Å²) in [6.45, 7) is 7.36. The lowest BCUT2D eigenvalue weighted by atomic mass is 9.87. The molecule has 0 radical (unpaired) electrons. The quantitative estimate of drug-likeness (QED) is 0.313. The Bertz CT molecular complexity index is 1270. The topological polar surface area (TPSA) is 42.4 Å². The zero-order valence-electron chi connectivity index (χ0n) is 23.6. The van der Waals surface area contributed by atoms with Gasteiger partial charge in [-0.05, 0) is 81.2 Å². The SMILES string of the molecule is CCc1cccc(CC)c1-c1cc(OC2CCC(=O)CC2)c(CN(C)[C@H]2CCCc3ccccc32)c(C)n1. The molecule has 1 heterocycles. The zero-order valence-corrected chi connectivity index (χ0v) is 23.6. The molecule has 0 aliphatic heterocycles. The largest absolute Gasteiger partial charge is 0.490 e. The Morgan fingerprint density at radius 2 is 1.66 bits per heavy atom. The van der Waals surface area contributed by atoms with E-state index in [-0.39, 0.29) is 6.10 Å². The molecule has 200 valence electrons. The van der Waals surface area contributed by atoms with Crippen molar-refractivity contribution in [3.05, 3.63) is 82.0 Å². The highest BCUT2D eigenvalue weighted by molar-refractivity contribution is 5.79. The van der Waals surface area contributed by atoms with Crippen molar-refractivity contribution in [1.29, 1.82) is 0 Å². The van der Waals surface area contributed by atoms with Gasteiger partial charge in [0.15, 0.2) is 0 Å². The van der Waals surface area contributed by atoms with Crippen molar-refractivity contribution >= 4 is 5.78 Å². The Kier molecular flexibility index (Phi) is 8.28. The van der Waals surface area contributed by atoms with E-state index in [0.717, 1.165) is 49.4 Å². The number of ether oxygens (including phenoxy) is 1. The van der Waals surface area contributed by atoms with Crippen LogP contribution in [0.4, 0.5) is 0 Å². The molecule has 0 spiro atoms. The second-order valence-electron chi connectivity index (χ2n) is 11.1. The van der Waals surface area contributed by atoms with E-state index in [9.17, 15) is 4.79 Å². The van der Waals surface area contributed by atoms with Gasteiger partial charge in [-0.1, -0.05) is 56.3 Å². The van der Waals surface area contributed by atoms with E-state index in [1.54, 1.807) is 0 Å². The summed E-state index contributed by atoms with van der Waals surface area (Å²) in [5.41, 5.74) is 10.1. The third kappa shape index (κ3) is 5.56. The average molecular weight is 511 g/mol. The number of hydrogen-bond donors (Lipinski definition) is 0. The number of fused-ring (bicyclic) bond motifs is 1. The molecular weight excluding hydrogens is 468 g/mol. The Labute approximate surface area is 228 Å². The van der Waals surface area contributed by atoms with Crippen LogP contribution in [0.2, 0.25) is 0 Å². The highest BCUT2D eigenvalue weighted by Crippen LogP contribution is 2.38. The number of Topliss-reactive ketones (excluding diaryl/α,β-unsaturated/α-hetero) is 1. The summed E-state index contributed by atoms with van der Waals surface area (Å²) in [6.07, 6.45) is 8.40. The average Bonchev–Trinajstić information content (AvgIpc) is 2.94. The van der Waals surface area contributed by atoms with Gasteiger partial charge in [0.2, 0.25) is 0 Å². The summed E-state index contributed by atoms with van der Waals surface area (Å²) in [5.74, 6) is 1.30. The van der Waals surface area contributed by atoms with Crippen molar-refractivity contribution in [3.8, 4) is 17.0 Å². The monoisotopic (exact) mass is 510 g/mol. The first-order valence-corrected chi connectivity index (χ1v) is 14.6. The number of carbonyl (C=O) groups excluding carboxylic acids is 1. The van der Waals surface area contributed by atoms with Crippen LogP contribution in [-0.2, 0) is 30.6 Å². The van der Waals surface area contributed by atoms with Gasteiger partial charge in [0.25, 0.3) is 0 Å². The van der Waals surface area contributed by atoms with Crippen LogP contribution in [0.25, 0.3) is 11.3 Å². The van der Waals surface area contributed by atoms with Gasteiger partial charge >= 0.3 is 0 Å². The van der Waals surface area contributed by atoms with Gasteiger partial charge in [0, 0.05) is 48.3 Å². The van der Waals surface area contributed by atoms with Crippen molar-refractivity contribution in [2.24, 2.45) is 0 Å². The molecule has 1 saturated carbocycles. The lowest BCUT2D eigenvalue weighted by molar-refractivity contribution is -0.121. The minimum atomic E-state index is 0.0777. The van der Waals surface area contributed by atoms with Crippen molar-refractivity contribution < 1.29 is 9.53 Å². The molecule has 0 unspecified atom stereocenters. The fraction of sp³-hybridized carbons (Fsp3) is 0.471. The summed E-state index contributed by atoms with van der Waals surface area (Å²) in [6, 6.07) is 18.1. The first-order chi connectivity index (χ1) is 18.5. The Morgan fingerprint density at radius 1 is 0.947 bits per heavy atom. The normalized spacial score (nSPS) is 18.0. The van der Waals surface area contributed by atoms with E-state index < -0.39 is 0 Å². The second kappa shape index (κ2) is 11.8. The number of hydrogen-bond acceptors (Lipinski definition) is 4. The molecule has 5 rings (SSSR count). The maximum atomic E-state index is 11.9. The van der Waals surface area contributed by atoms with Gasteiger partial charge in [-0.15, -0.1) is 0 Å². The van der Waals surface area contributed by atoms with Crippen molar-refractivity contribution in [1.82, 2.24) is 9.88 Å². The highest BCUT2D eigenvalue weighted by Gasteiger charge is 2.27. The molecule has 4 heteroatoms. The van der Waals surface area contributed by atoms with Crippen molar-refractivity contribution in [2.75, 3.05) is 7.05 Å². The van der Waals surface area contributed by atoms with E-state index in [4.69, 9.17) is 9.72 Å². The molecule has 2 aliphatic rings. The predicted octanol–water partition coefficient (Wildman–Crippen LogP) is 7.58. The van der Waals surface area contributed by atoms with Crippen molar-refractivity contribution in [2.45, 2.75) is 97.2 Å². The summed E-state index contributed by atoms with van der Waals surface area (Å²) < 4.78 is 6.76. The summed E-state index contributed by atoms with van der Waals surface area (Å²) in [4.78, 5) is 19.6. The number of rotatable bonds is 8. The van der Waals surface area contributed by atoms with Crippen molar-refractivity contribution in [3.63, 3.8) is 0 Å². The van der Waals surface area contributed by atoms with Crippen LogP contribution in [0.3, 0.4) is 0 Å². The molecule has 4 nitrogen and oxygen atoms in total. The fourth-order valence-electron chi connectivity index (χ4n) is 6.42. The van der Waals surface area contributed by atoms with Crippen LogP contribution < -0.4 is 4.74 Å². The third-order valence-electron chi connectivity index (χ3n) is 8.61. The highest BCUT2D eigenvalue weighted by atomic mass is 16.5. The van der Waals surface area contributed by atoms with Gasteiger partial charge in [-0.2, -0.15) is 0 Å². The van der Waals surface area contributed by atoms with E-state index >= 15 is 0 Å². The van der Waals surface area contributed by atoms with Gasteiger partial charge in [-0.3, -0.25) is 14.7 Å². The van der Waals surface area contributed by atoms with E-state index in [0.29, 0.717) is 24.7 Å². The molecule has 0 amide bonds.